The van der Waals surface area contributed by atoms with Gasteiger partial charge in [0.2, 0.25) is 0 Å². The van der Waals surface area contributed by atoms with Gasteiger partial charge in [0.25, 0.3) is 0 Å². The molecule has 3 aliphatic rings. The highest BCUT2D eigenvalue weighted by Gasteiger charge is 2.53. The third kappa shape index (κ3) is 1.69. The average Bonchev–Trinajstić information content (AvgIpc) is 3.08. The molecule has 3 saturated carbocycles. The van der Waals surface area contributed by atoms with Crippen molar-refractivity contribution >= 4 is 11.3 Å². The van der Waals surface area contributed by atoms with Crippen molar-refractivity contribution in [2.45, 2.75) is 44.7 Å². The van der Waals surface area contributed by atoms with E-state index < -0.39 is 0 Å². The van der Waals surface area contributed by atoms with Crippen LogP contribution in [0.2, 0.25) is 0 Å². The topological polar surface area (TPSA) is 44.9 Å². The summed E-state index contributed by atoms with van der Waals surface area (Å²) in [4.78, 5) is 14.1. The van der Waals surface area contributed by atoms with Crippen molar-refractivity contribution in [2.75, 3.05) is 0 Å². The molecule has 18 heavy (non-hydrogen) atoms. The first-order valence-corrected chi connectivity index (χ1v) is 8.09. The maximum Gasteiger partial charge on any atom is 0.304 e. The lowest BCUT2D eigenvalue weighted by Crippen LogP contribution is -2.39. The second kappa shape index (κ2) is 4.20. The highest BCUT2D eigenvalue weighted by molar-refractivity contribution is 7.07. The zero-order valence-electron chi connectivity index (χ0n) is 10.5. The van der Waals surface area contributed by atoms with Gasteiger partial charge in [-0.15, -0.1) is 0 Å². The lowest BCUT2D eigenvalue weighted by molar-refractivity contribution is 0.207. The summed E-state index contributed by atoms with van der Waals surface area (Å²) in [6.45, 7) is 0.837. The molecule has 0 amide bonds. The zero-order chi connectivity index (χ0) is 12.1. The van der Waals surface area contributed by atoms with Gasteiger partial charge in [-0.1, -0.05) is 17.8 Å². The maximum atomic E-state index is 11.1. The van der Waals surface area contributed by atoms with Crippen molar-refractivity contribution < 1.29 is 0 Å². The molecule has 1 aromatic heterocycles. The van der Waals surface area contributed by atoms with E-state index >= 15 is 0 Å². The highest BCUT2D eigenvalue weighted by atomic mass is 32.1. The molecule has 1 heterocycles. The third-order valence-electron chi connectivity index (χ3n) is 5.55. The summed E-state index contributed by atoms with van der Waals surface area (Å²) >= 11 is 1.27. The number of hydrogen-bond acceptors (Lipinski definition) is 3. The number of fused-ring (bicyclic) bond motifs is 5. The molecule has 5 atom stereocenters. The summed E-state index contributed by atoms with van der Waals surface area (Å²) in [5.74, 6) is 4.01. The first-order valence-electron chi connectivity index (χ1n) is 7.21. The lowest BCUT2D eigenvalue weighted by Gasteiger charge is -2.32. The van der Waals surface area contributed by atoms with E-state index in [9.17, 15) is 4.79 Å². The molecule has 5 unspecified atom stereocenters. The number of aromatic amines is 1. The summed E-state index contributed by atoms with van der Waals surface area (Å²) in [7, 11) is 0. The summed E-state index contributed by atoms with van der Waals surface area (Å²) in [5.41, 5.74) is 1.05. The second-order valence-electron chi connectivity index (χ2n) is 6.31. The normalized spacial score (nSPS) is 41.4. The molecule has 0 radical (unpaired) electrons. The Balaban J connectivity index is 1.41. The molecular formula is C14H20N2OS. The van der Waals surface area contributed by atoms with Crippen LogP contribution in [0.1, 0.15) is 37.8 Å². The van der Waals surface area contributed by atoms with Gasteiger partial charge in [0, 0.05) is 23.7 Å². The number of hydrogen-bond donors (Lipinski definition) is 2. The summed E-state index contributed by atoms with van der Waals surface area (Å²) in [6.07, 6.45) is 7.27. The van der Waals surface area contributed by atoms with Crippen LogP contribution >= 0.6 is 11.3 Å². The molecule has 0 aliphatic heterocycles. The van der Waals surface area contributed by atoms with Gasteiger partial charge < -0.3 is 10.3 Å². The molecule has 3 aliphatic carbocycles. The Labute approximate surface area is 111 Å². The van der Waals surface area contributed by atoms with E-state index in [4.69, 9.17) is 0 Å². The fourth-order valence-electron chi connectivity index (χ4n) is 4.94. The zero-order valence-corrected chi connectivity index (χ0v) is 11.3. The van der Waals surface area contributed by atoms with Crippen LogP contribution in [0, 0.1) is 23.7 Å². The predicted octanol–water partition coefficient (Wildman–Crippen LogP) is 2.35. The van der Waals surface area contributed by atoms with Crippen molar-refractivity contribution in [3.63, 3.8) is 0 Å². The van der Waals surface area contributed by atoms with E-state index in [2.05, 4.69) is 10.3 Å². The van der Waals surface area contributed by atoms with Gasteiger partial charge in [-0.25, -0.2) is 0 Å². The van der Waals surface area contributed by atoms with Crippen molar-refractivity contribution in [2.24, 2.45) is 23.7 Å². The third-order valence-corrected chi connectivity index (χ3v) is 6.27. The van der Waals surface area contributed by atoms with Crippen LogP contribution in [0.15, 0.2) is 10.2 Å². The van der Waals surface area contributed by atoms with Crippen LogP contribution in [-0.2, 0) is 6.54 Å². The van der Waals surface area contributed by atoms with E-state index in [0.717, 1.165) is 35.9 Å². The molecule has 98 valence electrons. The number of thiazole rings is 1. The maximum absolute atomic E-state index is 11.1. The molecular weight excluding hydrogens is 244 g/mol. The molecule has 3 fully saturated rings. The van der Waals surface area contributed by atoms with E-state index in [0.29, 0.717) is 6.04 Å². The van der Waals surface area contributed by atoms with E-state index in [1.807, 2.05) is 5.38 Å². The van der Waals surface area contributed by atoms with E-state index in [-0.39, 0.29) is 4.87 Å². The van der Waals surface area contributed by atoms with Crippen molar-refractivity contribution in [3.8, 4) is 0 Å². The van der Waals surface area contributed by atoms with Gasteiger partial charge in [-0.05, 0) is 49.4 Å². The Morgan fingerprint density at radius 2 is 2.17 bits per heavy atom. The quantitative estimate of drug-likeness (QED) is 0.880. The van der Waals surface area contributed by atoms with E-state index in [1.165, 1.54) is 43.4 Å². The molecule has 4 heteroatoms. The van der Waals surface area contributed by atoms with E-state index in [1.54, 1.807) is 0 Å². The van der Waals surface area contributed by atoms with Gasteiger partial charge >= 0.3 is 4.87 Å². The Bertz CT molecular complexity index is 494. The van der Waals surface area contributed by atoms with Crippen LogP contribution < -0.4 is 10.2 Å². The van der Waals surface area contributed by atoms with Crippen LogP contribution in [0.3, 0.4) is 0 Å². The fraction of sp³-hybridized carbons (Fsp3) is 0.786. The van der Waals surface area contributed by atoms with Gasteiger partial charge in [0.1, 0.15) is 0 Å². The summed E-state index contributed by atoms with van der Waals surface area (Å²) in [6, 6.07) is 0.706. The first-order chi connectivity index (χ1) is 8.81. The van der Waals surface area contributed by atoms with Crippen molar-refractivity contribution in [1.29, 1.82) is 0 Å². The Morgan fingerprint density at radius 3 is 3.00 bits per heavy atom. The molecule has 3 nitrogen and oxygen atoms in total. The Hall–Kier alpha value is -0.610. The summed E-state index contributed by atoms with van der Waals surface area (Å²) in [5, 5.41) is 5.64. The molecule has 4 rings (SSSR count). The highest BCUT2D eigenvalue weighted by Crippen LogP contribution is 2.58. The Kier molecular flexibility index (Phi) is 2.62. The predicted molar refractivity (Wildman–Crippen MR) is 72.6 cm³/mol. The number of H-pyrrole nitrogens is 1. The standard InChI is InChI=1S/C14H20N2OS/c17-14-16-9(7-18-14)6-15-13-5-8-4-12(13)11-3-1-2-10(8)11/h7-8,10-13,15H,1-6H2,(H,16,17). The first kappa shape index (κ1) is 11.2. The monoisotopic (exact) mass is 264 g/mol. The smallest absolute Gasteiger partial charge is 0.304 e. The minimum atomic E-state index is 0.0654. The molecule has 0 aromatic carbocycles. The van der Waals surface area contributed by atoms with Crippen molar-refractivity contribution in [3.05, 3.63) is 20.7 Å². The minimum absolute atomic E-state index is 0.0654. The SMILES string of the molecule is O=c1[nH]c(CNC2CC3CC2C2CCCC32)cs1. The van der Waals surface area contributed by atoms with Crippen molar-refractivity contribution in [1.82, 2.24) is 10.3 Å². The molecule has 2 N–H and O–H groups in total. The molecule has 0 spiro atoms. The summed E-state index contributed by atoms with van der Waals surface area (Å²) < 4.78 is 0. The van der Waals surface area contributed by atoms with Gasteiger partial charge in [0.05, 0.1) is 0 Å². The lowest BCUT2D eigenvalue weighted by atomic mass is 9.79. The molecule has 0 saturated heterocycles. The average molecular weight is 264 g/mol. The molecule has 2 bridgehead atoms. The van der Waals surface area contributed by atoms with Gasteiger partial charge in [-0.2, -0.15) is 0 Å². The minimum Gasteiger partial charge on any atom is -0.315 e. The largest absolute Gasteiger partial charge is 0.315 e. The second-order valence-corrected chi connectivity index (χ2v) is 7.16. The molecule has 1 aromatic rings. The Morgan fingerprint density at radius 1 is 1.28 bits per heavy atom. The van der Waals surface area contributed by atoms with Crippen LogP contribution in [0.5, 0.6) is 0 Å². The number of aromatic nitrogens is 1. The van der Waals surface area contributed by atoms with Crippen LogP contribution in [0.4, 0.5) is 0 Å². The van der Waals surface area contributed by atoms with Crippen LogP contribution in [-0.4, -0.2) is 11.0 Å². The fourth-order valence-corrected chi connectivity index (χ4v) is 5.53. The van der Waals surface area contributed by atoms with Crippen LogP contribution in [0.25, 0.3) is 0 Å². The van der Waals surface area contributed by atoms with Gasteiger partial charge in [0.15, 0.2) is 0 Å². The van der Waals surface area contributed by atoms with Gasteiger partial charge in [-0.3, -0.25) is 4.79 Å². The number of rotatable bonds is 3. The number of nitrogens with one attached hydrogen (secondary N) is 2.